The zero-order chi connectivity index (χ0) is 25.5. The quantitative estimate of drug-likeness (QED) is 0.252. The molecule has 1 unspecified atom stereocenters. The third kappa shape index (κ3) is 5.51. The maximum Gasteiger partial charge on any atom is 0.338 e. The van der Waals surface area contributed by atoms with Crippen LogP contribution in [0, 0.1) is 0 Å². The molecule has 0 spiro atoms. The summed E-state index contributed by atoms with van der Waals surface area (Å²) < 4.78 is 5.27. The van der Waals surface area contributed by atoms with Gasteiger partial charge in [-0.2, -0.15) is 0 Å². The SMILES string of the molecule is CCCCCOC(=O)c1ccc(NC(=O)C(Cc2ccccc2)N2C(=O)c3ccccc3C2=O)cc1. The Morgan fingerprint density at radius 1 is 0.833 bits per heavy atom. The minimum atomic E-state index is -1.05. The predicted octanol–water partition coefficient (Wildman–Crippen LogP) is 4.88. The van der Waals surface area contributed by atoms with Crippen molar-refractivity contribution in [3.8, 4) is 0 Å². The normalized spacial score (nSPS) is 13.3. The summed E-state index contributed by atoms with van der Waals surface area (Å²) in [5.74, 6) is -1.90. The zero-order valence-electron chi connectivity index (χ0n) is 20.1. The average Bonchev–Trinajstić information content (AvgIpc) is 3.15. The topological polar surface area (TPSA) is 92.8 Å². The van der Waals surface area contributed by atoms with E-state index in [9.17, 15) is 19.2 Å². The van der Waals surface area contributed by atoms with Crippen LogP contribution in [0.5, 0.6) is 0 Å². The molecule has 0 fully saturated rings. The molecule has 7 heteroatoms. The fraction of sp³-hybridized carbons (Fsp3) is 0.241. The second kappa shape index (κ2) is 11.4. The van der Waals surface area contributed by atoms with Gasteiger partial charge in [0.15, 0.2) is 0 Å². The van der Waals surface area contributed by atoms with Crippen molar-refractivity contribution in [2.75, 3.05) is 11.9 Å². The first-order chi connectivity index (χ1) is 17.5. The number of nitrogens with one attached hydrogen (secondary N) is 1. The lowest BCUT2D eigenvalue weighted by Crippen LogP contribution is -2.48. The molecule has 184 valence electrons. The number of amides is 3. The maximum absolute atomic E-state index is 13.4. The number of benzene rings is 3. The molecule has 7 nitrogen and oxygen atoms in total. The van der Waals surface area contributed by atoms with Gasteiger partial charge < -0.3 is 10.1 Å². The Labute approximate surface area is 210 Å². The summed E-state index contributed by atoms with van der Waals surface area (Å²) in [4.78, 5) is 52.9. The fourth-order valence-corrected chi connectivity index (χ4v) is 4.15. The largest absolute Gasteiger partial charge is 0.462 e. The number of esters is 1. The van der Waals surface area contributed by atoms with Crippen LogP contribution in [0.1, 0.15) is 62.8 Å². The van der Waals surface area contributed by atoms with E-state index in [0.717, 1.165) is 29.7 Å². The number of nitrogens with zero attached hydrogens (tertiary/aromatic N) is 1. The van der Waals surface area contributed by atoms with E-state index in [1.54, 1.807) is 48.5 Å². The van der Waals surface area contributed by atoms with Crippen LogP contribution >= 0.6 is 0 Å². The smallest absolute Gasteiger partial charge is 0.338 e. The van der Waals surface area contributed by atoms with E-state index >= 15 is 0 Å². The van der Waals surface area contributed by atoms with Crippen LogP contribution in [0.25, 0.3) is 0 Å². The highest BCUT2D eigenvalue weighted by molar-refractivity contribution is 6.23. The highest BCUT2D eigenvalue weighted by Crippen LogP contribution is 2.26. The number of fused-ring (bicyclic) bond motifs is 1. The summed E-state index contributed by atoms with van der Waals surface area (Å²) in [5.41, 5.74) is 2.21. The van der Waals surface area contributed by atoms with Gasteiger partial charge in [-0.05, 0) is 48.4 Å². The molecule has 1 heterocycles. The van der Waals surface area contributed by atoms with Gasteiger partial charge in [-0.25, -0.2) is 4.79 Å². The average molecular weight is 485 g/mol. The lowest BCUT2D eigenvalue weighted by atomic mass is 10.0. The highest BCUT2D eigenvalue weighted by Gasteiger charge is 2.42. The van der Waals surface area contributed by atoms with Crippen molar-refractivity contribution in [1.29, 1.82) is 0 Å². The summed E-state index contributed by atoms with van der Waals surface area (Å²) in [6.45, 7) is 2.44. The van der Waals surface area contributed by atoms with E-state index in [4.69, 9.17) is 4.74 Å². The van der Waals surface area contributed by atoms with Crippen LogP contribution in [0.15, 0.2) is 78.9 Å². The van der Waals surface area contributed by atoms with Crippen molar-refractivity contribution in [3.05, 3.63) is 101 Å². The third-order valence-corrected chi connectivity index (χ3v) is 6.08. The molecule has 0 bridgehead atoms. The molecule has 3 aromatic rings. The van der Waals surface area contributed by atoms with Crippen LogP contribution in [0.4, 0.5) is 5.69 Å². The van der Waals surface area contributed by atoms with Gasteiger partial charge in [-0.3, -0.25) is 19.3 Å². The molecule has 0 radical (unpaired) electrons. The summed E-state index contributed by atoms with van der Waals surface area (Å²) in [6.07, 6.45) is 3.02. The number of unbranched alkanes of at least 4 members (excludes halogenated alkanes) is 2. The number of hydrogen-bond donors (Lipinski definition) is 1. The molecule has 1 N–H and O–H groups in total. The molecular weight excluding hydrogens is 456 g/mol. The molecule has 0 aliphatic carbocycles. The van der Waals surface area contributed by atoms with Gasteiger partial charge in [-0.15, -0.1) is 0 Å². The number of carbonyl (C=O) groups excluding carboxylic acids is 4. The van der Waals surface area contributed by atoms with Crippen LogP contribution < -0.4 is 5.32 Å². The zero-order valence-corrected chi connectivity index (χ0v) is 20.1. The predicted molar refractivity (Wildman–Crippen MR) is 136 cm³/mol. The number of imide groups is 1. The van der Waals surface area contributed by atoms with Crippen LogP contribution in [-0.4, -0.2) is 41.2 Å². The Bertz CT molecular complexity index is 1220. The molecule has 4 rings (SSSR count). The number of carbonyl (C=O) groups is 4. The molecular formula is C29H28N2O5. The van der Waals surface area contributed by atoms with Gasteiger partial charge in [-0.1, -0.05) is 62.2 Å². The molecule has 1 aliphatic rings. The molecule has 1 atom stereocenters. The van der Waals surface area contributed by atoms with Crippen LogP contribution in [-0.2, 0) is 16.0 Å². The Kier molecular flexibility index (Phi) is 7.90. The van der Waals surface area contributed by atoms with Crippen molar-refractivity contribution in [2.45, 2.75) is 38.6 Å². The van der Waals surface area contributed by atoms with E-state index < -0.39 is 29.7 Å². The van der Waals surface area contributed by atoms with Crippen molar-refractivity contribution in [3.63, 3.8) is 0 Å². The van der Waals surface area contributed by atoms with Gasteiger partial charge in [0.25, 0.3) is 11.8 Å². The molecule has 3 aromatic carbocycles. The van der Waals surface area contributed by atoms with Crippen molar-refractivity contribution in [2.24, 2.45) is 0 Å². The van der Waals surface area contributed by atoms with E-state index in [1.807, 2.05) is 30.3 Å². The summed E-state index contributed by atoms with van der Waals surface area (Å²) in [6, 6.07) is 21.1. The first kappa shape index (κ1) is 24.9. The van der Waals surface area contributed by atoms with Crippen molar-refractivity contribution >= 4 is 29.4 Å². The summed E-state index contributed by atoms with van der Waals surface area (Å²) in [7, 11) is 0. The van der Waals surface area contributed by atoms with Gasteiger partial charge in [0.05, 0.1) is 23.3 Å². The number of rotatable bonds is 10. The Balaban J connectivity index is 1.51. The number of ether oxygens (including phenoxy) is 1. The lowest BCUT2D eigenvalue weighted by molar-refractivity contribution is -0.119. The second-order valence-electron chi connectivity index (χ2n) is 8.64. The van der Waals surface area contributed by atoms with Gasteiger partial charge in [0, 0.05) is 12.1 Å². The van der Waals surface area contributed by atoms with E-state index in [2.05, 4.69) is 12.2 Å². The van der Waals surface area contributed by atoms with Gasteiger partial charge >= 0.3 is 5.97 Å². The number of anilines is 1. The van der Waals surface area contributed by atoms with E-state index in [1.165, 1.54) is 0 Å². The minimum Gasteiger partial charge on any atom is -0.462 e. The van der Waals surface area contributed by atoms with Crippen molar-refractivity contribution in [1.82, 2.24) is 4.90 Å². The van der Waals surface area contributed by atoms with Crippen molar-refractivity contribution < 1.29 is 23.9 Å². The molecule has 0 aromatic heterocycles. The summed E-state index contributed by atoms with van der Waals surface area (Å²) in [5, 5.41) is 2.80. The summed E-state index contributed by atoms with van der Waals surface area (Å²) >= 11 is 0. The maximum atomic E-state index is 13.4. The minimum absolute atomic E-state index is 0.167. The molecule has 36 heavy (non-hydrogen) atoms. The lowest BCUT2D eigenvalue weighted by Gasteiger charge is -2.25. The Hall–Kier alpha value is -4.26. The second-order valence-corrected chi connectivity index (χ2v) is 8.64. The van der Waals surface area contributed by atoms with Gasteiger partial charge in [0.2, 0.25) is 5.91 Å². The Morgan fingerprint density at radius 2 is 1.44 bits per heavy atom. The standard InChI is InChI=1S/C29H28N2O5/c1-2-3-9-18-36-29(35)21-14-16-22(17-15-21)30-26(32)25(19-20-10-5-4-6-11-20)31-27(33)23-12-7-8-13-24(23)28(31)34/h4-8,10-17,25H,2-3,9,18-19H2,1H3,(H,30,32). The third-order valence-electron chi connectivity index (χ3n) is 6.08. The monoisotopic (exact) mass is 484 g/mol. The Morgan fingerprint density at radius 3 is 2.06 bits per heavy atom. The molecule has 1 aliphatic heterocycles. The number of hydrogen-bond acceptors (Lipinski definition) is 5. The van der Waals surface area contributed by atoms with Crippen LogP contribution in [0.3, 0.4) is 0 Å². The highest BCUT2D eigenvalue weighted by atomic mass is 16.5. The molecule has 3 amide bonds. The molecule has 0 saturated heterocycles. The fourth-order valence-electron chi connectivity index (χ4n) is 4.15. The van der Waals surface area contributed by atoms with E-state index in [-0.39, 0.29) is 17.5 Å². The van der Waals surface area contributed by atoms with Gasteiger partial charge in [0.1, 0.15) is 6.04 Å². The first-order valence-corrected chi connectivity index (χ1v) is 12.1. The molecule has 0 saturated carbocycles. The first-order valence-electron chi connectivity index (χ1n) is 12.1. The van der Waals surface area contributed by atoms with Crippen LogP contribution in [0.2, 0.25) is 0 Å². The van der Waals surface area contributed by atoms with E-state index in [0.29, 0.717) is 17.9 Å².